The monoisotopic (exact) mass is 380 g/mol. The highest BCUT2D eigenvalue weighted by Gasteiger charge is 2.12. The van der Waals surface area contributed by atoms with E-state index in [1.807, 2.05) is 24.3 Å². The molecule has 0 atom stereocenters. The van der Waals surface area contributed by atoms with Crippen LogP contribution in [0.15, 0.2) is 54.9 Å². The number of nitrogens with zero attached hydrogens (tertiary/aromatic N) is 2. The van der Waals surface area contributed by atoms with Crippen molar-refractivity contribution < 1.29 is 19.0 Å². The van der Waals surface area contributed by atoms with Crippen LogP contribution in [0.25, 0.3) is 0 Å². The minimum Gasteiger partial charge on any atom is -0.497 e. The minimum absolute atomic E-state index is 0.318. The van der Waals surface area contributed by atoms with Crippen molar-refractivity contribution in [2.75, 3.05) is 32.0 Å². The standard InChI is InChI=1S/C20H20N4O4/c1-26-15-6-4-14(5-7-15)23-20-21-11-13(12-22-20)19(25)24-17-9-8-16(27-2)10-18(17)28-3/h4-12H,1-3H3,(H,24,25)(H,21,22,23). The molecule has 0 aliphatic rings. The van der Waals surface area contributed by atoms with Gasteiger partial charge in [0.1, 0.15) is 17.2 Å². The van der Waals surface area contributed by atoms with Crippen LogP contribution in [0.4, 0.5) is 17.3 Å². The zero-order chi connectivity index (χ0) is 19.9. The Kier molecular flexibility index (Phi) is 5.91. The summed E-state index contributed by atoms with van der Waals surface area (Å²) in [5.41, 5.74) is 1.65. The number of anilines is 3. The fourth-order valence-electron chi connectivity index (χ4n) is 2.41. The van der Waals surface area contributed by atoms with Gasteiger partial charge in [-0.3, -0.25) is 4.79 Å². The van der Waals surface area contributed by atoms with E-state index in [1.165, 1.54) is 19.5 Å². The molecule has 0 unspecified atom stereocenters. The molecule has 0 saturated carbocycles. The largest absolute Gasteiger partial charge is 0.497 e. The van der Waals surface area contributed by atoms with Crippen molar-refractivity contribution in [2.24, 2.45) is 0 Å². The van der Waals surface area contributed by atoms with Crippen LogP contribution >= 0.6 is 0 Å². The van der Waals surface area contributed by atoms with Gasteiger partial charge in [0.2, 0.25) is 5.95 Å². The third kappa shape index (κ3) is 4.47. The summed E-state index contributed by atoms with van der Waals surface area (Å²) in [5, 5.41) is 5.84. The smallest absolute Gasteiger partial charge is 0.258 e. The van der Waals surface area contributed by atoms with Gasteiger partial charge < -0.3 is 24.8 Å². The van der Waals surface area contributed by atoms with E-state index in [1.54, 1.807) is 32.4 Å². The highest BCUT2D eigenvalue weighted by Crippen LogP contribution is 2.29. The van der Waals surface area contributed by atoms with Gasteiger partial charge in [0.25, 0.3) is 5.91 Å². The van der Waals surface area contributed by atoms with E-state index in [9.17, 15) is 4.79 Å². The van der Waals surface area contributed by atoms with Crippen LogP contribution in [-0.4, -0.2) is 37.2 Å². The van der Waals surface area contributed by atoms with Crippen LogP contribution in [0.3, 0.4) is 0 Å². The topological polar surface area (TPSA) is 94.6 Å². The van der Waals surface area contributed by atoms with E-state index in [0.29, 0.717) is 28.7 Å². The Balaban J connectivity index is 1.68. The van der Waals surface area contributed by atoms with E-state index < -0.39 is 0 Å². The average molecular weight is 380 g/mol. The molecule has 2 N–H and O–H groups in total. The van der Waals surface area contributed by atoms with Crippen LogP contribution < -0.4 is 24.8 Å². The first kappa shape index (κ1) is 19.0. The molecule has 0 bridgehead atoms. The van der Waals surface area contributed by atoms with Crippen molar-refractivity contribution in [3.63, 3.8) is 0 Å². The van der Waals surface area contributed by atoms with Crippen molar-refractivity contribution in [1.82, 2.24) is 9.97 Å². The highest BCUT2D eigenvalue weighted by molar-refractivity contribution is 6.04. The van der Waals surface area contributed by atoms with Crippen molar-refractivity contribution in [1.29, 1.82) is 0 Å². The lowest BCUT2D eigenvalue weighted by atomic mass is 10.2. The van der Waals surface area contributed by atoms with E-state index in [0.717, 1.165) is 11.4 Å². The summed E-state index contributed by atoms with van der Waals surface area (Å²) in [7, 11) is 4.69. The third-order valence-electron chi connectivity index (χ3n) is 3.92. The maximum atomic E-state index is 12.5. The van der Waals surface area contributed by atoms with Crippen LogP contribution in [0.1, 0.15) is 10.4 Å². The molecule has 1 amide bonds. The van der Waals surface area contributed by atoms with Gasteiger partial charge in [0, 0.05) is 24.1 Å². The number of methoxy groups -OCH3 is 3. The number of carbonyl (C=O) groups is 1. The molecule has 0 aliphatic carbocycles. The zero-order valence-corrected chi connectivity index (χ0v) is 15.7. The first-order chi connectivity index (χ1) is 13.6. The van der Waals surface area contributed by atoms with Crippen LogP contribution in [0.2, 0.25) is 0 Å². The first-order valence-corrected chi connectivity index (χ1v) is 8.39. The summed E-state index contributed by atoms with van der Waals surface area (Å²) >= 11 is 0. The maximum absolute atomic E-state index is 12.5. The molecule has 3 aromatic rings. The minimum atomic E-state index is -0.348. The molecule has 2 aromatic carbocycles. The van der Waals surface area contributed by atoms with Gasteiger partial charge in [-0.25, -0.2) is 9.97 Å². The van der Waals surface area contributed by atoms with E-state index in [-0.39, 0.29) is 5.91 Å². The lowest BCUT2D eigenvalue weighted by molar-refractivity contribution is 0.102. The molecule has 0 aliphatic heterocycles. The molecular formula is C20H20N4O4. The summed E-state index contributed by atoms with van der Waals surface area (Å²) in [6.07, 6.45) is 2.90. The van der Waals surface area contributed by atoms with Crippen molar-refractivity contribution in [2.45, 2.75) is 0 Å². The third-order valence-corrected chi connectivity index (χ3v) is 3.92. The summed E-state index contributed by atoms with van der Waals surface area (Å²) in [4.78, 5) is 20.8. The molecule has 0 spiro atoms. The van der Waals surface area contributed by atoms with Gasteiger partial charge in [-0.05, 0) is 36.4 Å². The molecular weight excluding hydrogens is 360 g/mol. The number of benzene rings is 2. The van der Waals surface area contributed by atoms with Gasteiger partial charge in [0.15, 0.2) is 0 Å². The van der Waals surface area contributed by atoms with E-state index in [4.69, 9.17) is 14.2 Å². The summed E-state index contributed by atoms with van der Waals surface area (Å²) < 4.78 is 15.6. The number of rotatable bonds is 7. The fourth-order valence-corrected chi connectivity index (χ4v) is 2.41. The Morgan fingerprint density at radius 3 is 2.11 bits per heavy atom. The van der Waals surface area contributed by atoms with Gasteiger partial charge in [0.05, 0.1) is 32.6 Å². The molecule has 1 heterocycles. The Labute approximate surface area is 162 Å². The molecule has 144 valence electrons. The quantitative estimate of drug-likeness (QED) is 0.648. The SMILES string of the molecule is COc1ccc(Nc2ncc(C(=O)Nc3ccc(OC)cc3OC)cn2)cc1. The Bertz CT molecular complexity index is 943. The molecule has 0 radical (unpaired) electrons. The summed E-state index contributed by atoms with van der Waals surface area (Å²) in [6, 6.07) is 12.5. The maximum Gasteiger partial charge on any atom is 0.258 e. The number of nitrogens with one attached hydrogen (secondary N) is 2. The van der Waals surface area contributed by atoms with E-state index in [2.05, 4.69) is 20.6 Å². The fraction of sp³-hybridized carbons (Fsp3) is 0.150. The number of aromatic nitrogens is 2. The van der Waals surface area contributed by atoms with Gasteiger partial charge >= 0.3 is 0 Å². The van der Waals surface area contributed by atoms with Crippen molar-refractivity contribution in [3.8, 4) is 17.2 Å². The number of carbonyl (C=O) groups excluding carboxylic acids is 1. The molecule has 1 aromatic heterocycles. The number of hydrogen-bond acceptors (Lipinski definition) is 7. The Morgan fingerprint density at radius 1 is 0.857 bits per heavy atom. The normalized spacial score (nSPS) is 10.1. The van der Waals surface area contributed by atoms with Crippen molar-refractivity contribution in [3.05, 3.63) is 60.4 Å². The van der Waals surface area contributed by atoms with Crippen LogP contribution in [0, 0.1) is 0 Å². The summed E-state index contributed by atoms with van der Waals surface area (Å²) in [5.74, 6) is 1.91. The number of ether oxygens (including phenoxy) is 3. The second kappa shape index (κ2) is 8.72. The molecule has 8 heteroatoms. The average Bonchev–Trinajstić information content (AvgIpc) is 2.75. The van der Waals surface area contributed by atoms with Crippen LogP contribution in [-0.2, 0) is 0 Å². The Morgan fingerprint density at radius 2 is 1.50 bits per heavy atom. The molecule has 0 fully saturated rings. The predicted octanol–water partition coefficient (Wildman–Crippen LogP) is 3.50. The first-order valence-electron chi connectivity index (χ1n) is 8.39. The lowest BCUT2D eigenvalue weighted by Gasteiger charge is -2.11. The lowest BCUT2D eigenvalue weighted by Crippen LogP contribution is -2.13. The molecule has 3 rings (SSSR count). The second-order valence-electron chi connectivity index (χ2n) is 5.67. The second-order valence-corrected chi connectivity index (χ2v) is 5.67. The Hall–Kier alpha value is -3.81. The van der Waals surface area contributed by atoms with Gasteiger partial charge in [-0.1, -0.05) is 0 Å². The highest BCUT2D eigenvalue weighted by atomic mass is 16.5. The molecule has 28 heavy (non-hydrogen) atoms. The van der Waals surface area contributed by atoms with E-state index >= 15 is 0 Å². The molecule has 8 nitrogen and oxygen atoms in total. The van der Waals surface area contributed by atoms with Gasteiger partial charge in [-0.2, -0.15) is 0 Å². The predicted molar refractivity (Wildman–Crippen MR) is 106 cm³/mol. The molecule has 0 saturated heterocycles. The van der Waals surface area contributed by atoms with Crippen LogP contribution in [0.5, 0.6) is 17.2 Å². The summed E-state index contributed by atoms with van der Waals surface area (Å²) in [6.45, 7) is 0. The number of amides is 1. The number of hydrogen-bond donors (Lipinski definition) is 2. The zero-order valence-electron chi connectivity index (χ0n) is 15.7. The van der Waals surface area contributed by atoms with Crippen molar-refractivity contribution >= 4 is 23.2 Å². The van der Waals surface area contributed by atoms with Gasteiger partial charge in [-0.15, -0.1) is 0 Å².